The number of carbonyl (C=O) groups excluding carboxylic acids is 2. The lowest BCUT2D eigenvalue weighted by Gasteiger charge is -2.31. The third-order valence-electron chi connectivity index (χ3n) is 3.63. The number of nitrogens with zero attached hydrogens (tertiary/aromatic N) is 1. The number of morpholine rings is 1. The highest BCUT2D eigenvalue weighted by Crippen LogP contribution is 2.16. The van der Waals surface area contributed by atoms with Crippen LogP contribution in [0.4, 0.5) is 0 Å². The van der Waals surface area contributed by atoms with E-state index >= 15 is 0 Å². The van der Waals surface area contributed by atoms with E-state index in [1.54, 1.807) is 4.90 Å². The predicted octanol–water partition coefficient (Wildman–Crippen LogP) is 0.179. The van der Waals surface area contributed by atoms with Crippen LogP contribution in [0.1, 0.15) is 24.4 Å². The first-order chi connectivity index (χ1) is 10.1. The summed E-state index contributed by atoms with van der Waals surface area (Å²) in [6.07, 6.45) is 0.216. The summed E-state index contributed by atoms with van der Waals surface area (Å²) in [7, 11) is 0. The van der Waals surface area contributed by atoms with E-state index < -0.39 is 12.0 Å². The van der Waals surface area contributed by atoms with Crippen molar-refractivity contribution in [1.29, 1.82) is 0 Å². The first-order valence-electron chi connectivity index (χ1n) is 7.07. The number of hydrogen-bond acceptors (Lipinski definition) is 4. The highest BCUT2D eigenvalue weighted by atomic mass is 16.5. The maximum Gasteiger partial charge on any atom is 0.248 e. The number of ether oxygens (including phenoxy) is 1. The average Bonchev–Trinajstić information content (AvgIpc) is 2.53. The lowest BCUT2D eigenvalue weighted by atomic mass is 10.0. The maximum atomic E-state index is 12.2. The summed E-state index contributed by atoms with van der Waals surface area (Å²) in [6.45, 7) is 1.06. The SMILES string of the molecule is NC(=O)[C@H]1CN(C(=O)CC[C@@H](N)c2ccccc2)CCO1. The molecule has 21 heavy (non-hydrogen) atoms. The summed E-state index contributed by atoms with van der Waals surface area (Å²) in [4.78, 5) is 24.9. The van der Waals surface area contributed by atoms with Gasteiger partial charge in [0, 0.05) is 19.0 Å². The van der Waals surface area contributed by atoms with Crippen LogP contribution in [0.3, 0.4) is 0 Å². The lowest BCUT2D eigenvalue weighted by molar-refractivity contribution is -0.145. The van der Waals surface area contributed by atoms with E-state index in [-0.39, 0.29) is 18.5 Å². The number of amides is 2. The predicted molar refractivity (Wildman–Crippen MR) is 78.1 cm³/mol. The smallest absolute Gasteiger partial charge is 0.248 e. The summed E-state index contributed by atoms with van der Waals surface area (Å²) in [5, 5.41) is 0. The van der Waals surface area contributed by atoms with E-state index in [4.69, 9.17) is 16.2 Å². The minimum atomic E-state index is -0.703. The zero-order valence-corrected chi connectivity index (χ0v) is 11.9. The Morgan fingerprint density at radius 3 is 2.71 bits per heavy atom. The van der Waals surface area contributed by atoms with Crippen LogP contribution >= 0.6 is 0 Å². The van der Waals surface area contributed by atoms with E-state index in [9.17, 15) is 9.59 Å². The summed E-state index contributed by atoms with van der Waals surface area (Å²) < 4.78 is 5.22. The second kappa shape index (κ2) is 7.19. The largest absolute Gasteiger partial charge is 0.367 e. The fourth-order valence-electron chi connectivity index (χ4n) is 2.35. The minimum Gasteiger partial charge on any atom is -0.367 e. The summed E-state index contributed by atoms with van der Waals surface area (Å²) in [6, 6.07) is 9.52. The molecule has 0 radical (unpaired) electrons. The molecule has 0 saturated carbocycles. The summed E-state index contributed by atoms with van der Waals surface area (Å²) in [5.41, 5.74) is 12.3. The van der Waals surface area contributed by atoms with Crippen LogP contribution in [-0.2, 0) is 14.3 Å². The Morgan fingerprint density at radius 2 is 2.05 bits per heavy atom. The van der Waals surface area contributed by atoms with Gasteiger partial charge in [-0.15, -0.1) is 0 Å². The van der Waals surface area contributed by atoms with Gasteiger partial charge in [0.25, 0.3) is 0 Å². The van der Waals surface area contributed by atoms with Gasteiger partial charge in [-0.1, -0.05) is 30.3 Å². The molecule has 6 heteroatoms. The van der Waals surface area contributed by atoms with Crippen LogP contribution in [0, 0.1) is 0 Å². The number of rotatable bonds is 5. The molecule has 6 nitrogen and oxygen atoms in total. The second-order valence-electron chi connectivity index (χ2n) is 5.16. The Hall–Kier alpha value is -1.92. The molecular formula is C15H21N3O3. The Bertz CT molecular complexity index is 492. The minimum absolute atomic E-state index is 0.0177. The van der Waals surface area contributed by atoms with Crippen LogP contribution in [0.25, 0.3) is 0 Å². The van der Waals surface area contributed by atoms with Crippen LogP contribution < -0.4 is 11.5 Å². The van der Waals surface area contributed by atoms with Gasteiger partial charge in [0.1, 0.15) is 0 Å². The van der Waals surface area contributed by atoms with Crippen LogP contribution in [-0.4, -0.2) is 42.5 Å². The molecule has 0 aliphatic carbocycles. The summed E-state index contributed by atoms with van der Waals surface area (Å²) >= 11 is 0. The number of benzene rings is 1. The van der Waals surface area contributed by atoms with Gasteiger partial charge in [-0.3, -0.25) is 9.59 Å². The van der Waals surface area contributed by atoms with Crippen molar-refractivity contribution < 1.29 is 14.3 Å². The van der Waals surface area contributed by atoms with E-state index in [2.05, 4.69) is 0 Å². The molecule has 0 bridgehead atoms. The van der Waals surface area contributed by atoms with Crippen LogP contribution in [0.5, 0.6) is 0 Å². The standard InChI is InChI=1S/C15H21N3O3/c16-12(11-4-2-1-3-5-11)6-7-14(19)18-8-9-21-13(10-18)15(17)20/h1-5,12-13H,6-10,16H2,(H2,17,20)/t12-,13-/m1/s1. The van der Waals surface area contributed by atoms with Gasteiger partial charge < -0.3 is 21.1 Å². The average molecular weight is 291 g/mol. The zero-order valence-electron chi connectivity index (χ0n) is 11.9. The van der Waals surface area contributed by atoms with Crippen LogP contribution in [0.2, 0.25) is 0 Å². The van der Waals surface area contributed by atoms with Crippen molar-refractivity contribution in [2.24, 2.45) is 11.5 Å². The molecule has 1 aromatic rings. The lowest BCUT2D eigenvalue weighted by Crippen LogP contribution is -2.50. The molecule has 114 valence electrons. The van der Waals surface area contributed by atoms with Crippen molar-refractivity contribution in [1.82, 2.24) is 4.90 Å². The van der Waals surface area contributed by atoms with E-state index in [0.717, 1.165) is 5.56 Å². The summed E-state index contributed by atoms with van der Waals surface area (Å²) in [5.74, 6) is -0.551. The maximum absolute atomic E-state index is 12.2. The Labute approximate surface area is 124 Å². The highest BCUT2D eigenvalue weighted by molar-refractivity contribution is 5.81. The second-order valence-corrected chi connectivity index (χ2v) is 5.16. The molecule has 0 unspecified atom stereocenters. The molecule has 0 aromatic heterocycles. The van der Waals surface area contributed by atoms with Gasteiger partial charge in [-0.25, -0.2) is 0 Å². The number of primary amides is 1. The Balaban J connectivity index is 1.83. The van der Waals surface area contributed by atoms with Gasteiger partial charge in [-0.05, 0) is 12.0 Å². The van der Waals surface area contributed by atoms with E-state index in [1.165, 1.54) is 0 Å². The Morgan fingerprint density at radius 1 is 1.33 bits per heavy atom. The van der Waals surface area contributed by atoms with Crippen molar-refractivity contribution in [3.63, 3.8) is 0 Å². The topological polar surface area (TPSA) is 98.7 Å². The zero-order chi connectivity index (χ0) is 15.2. The third kappa shape index (κ3) is 4.27. The molecule has 1 heterocycles. The number of hydrogen-bond donors (Lipinski definition) is 2. The molecule has 2 atom stereocenters. The molecule has 1 aliphatic rings. The normalized spacial score (nSPS) is 20.0. The van der Waals surface area contributed by atoms with Gasteiger partial charge >= 0.3 is 0 Å². The van der Waals surface area contributed by atoms with Gasteiger partial charge in [0.05, 0.1) is 13.2 Å². The molecular weight excluding hydrogens is 270 g/mol. The first-order valence-corrected chi connectivity index (χ1v) is 7.07. The molecule has 2 amide bonds. The quantitative estimate of drug-likeness (QED) is 0.808. The fraction of sp³-hybridized carbons (Fsp3) is 0.467. The monoisotopic (exact) mass is 291 g/mol. The highest BCUT2D eigenvalue weighted by Gasteiger charge is 2.27. The molecule has 2 rings (SSSR count). The van der Waals surface area contributed by atoms with E-state index in [1.807, 2.05) is 30.3 Å². The van der Waals surface area contributed by atoms with Crippen molar-refractivity contribution >= 4 is 11.8 Å². The Kier molecular flexibility index (Phi) is 5.30. The van der Waals surface area contributed by atoms with Gasteiger partial charge in [-0.2, -0.15) is 0 Å². The molecule has 1 aromatic carbocycles. The molecule has 0 spiro atoms. The van der Waals surface area contributed by atoms with E-state index in [0.29, 0.717) is 26.0 Å². The van der Waals surface area contributed by atoms with Crippen molar-refractivity contribution in [3.05, 3.63) is 35.9 Å². The molecule has 1 aliphatic heterocycles. The number of carbonyl (C=O) groups is 2. The number of nitrogens with two attached hydrogens (primary N) is 2. The van der Waals surface area contributed by atoms with Crippen molar-refractivity contribution in [3.8, 4) is 0 Å². The van der Waals surface area contributed by atoms with Crippen molar-refractivity contribution in [2.45, 2.75) is 25.0 Å². The van der Waals surface area contributed by atoms with Crippen molar-refractivity contribution in [2.75, 3.05) is 19.7 Å². The molecule has 1 fully saturated rings. The van der Waals surface area contributed by atoms with Gasteiger partial charge in [0.15, 0.2) is 6.10 Å². The fourth-order valence-corrected chi connectivity index (χ4v) is 2.35. The molecule has 4 N–H and O–H groups in total. The first kappa shape index (κ1) is 15.5. The van der Waals surface area contributed by atoms with Gasteiger partial charge in [0.2, 0.25) is 11.8 Å². The molecule has 1 saturated heterocycles. The van der Waals surface area contributed by atoms with Crippen LogP contribution in [0.15, 0.2) is 30.3 Å². The third-order valence-corrected chi connectivity index (χ3v) is 3.63.